The number of esters is 1. The van der Waals surface area contributed by atoms with Gasteiger partial charge in [0, 0.05) is 5.69 Å². The maximum Gasteiger partial charge on any atom is 0.460 e. The summed E-state index contributed by atoms with van der Waals surface area (Å²) in [6, 6.07) is 3.25. The first-order valence-corrected chi connectivity index (χ1v) is 6.29. The summed E-state index contributed by atoms with van der Waals surface area (Å²) in [5.41, 5.74) is -0.820. The predicted molar refractivity (Wildman–Crippen MR) is 67.3 cm³/mol. The summed E-state index contributed by atoms with van der Waals surface area (Å²) in [6.45, 7) is 0. The highest BCUT2D eigenvalue weighted by atomic mass is 19.4. The molecular formula is C13H8F9NO3. The highest BCUT2D eigenvalue weighted by Crippen LogP contribution is 2.53. The molecule has 0 aliphatic rings. The van der Waals surface area contributed by atoms with Gasteiger partial charge in [0.2, 0.25) is 0 Å². The molecule has 0 heterocycles. The second-order valence-corrected chi connectivity index (χ2v) is 4.74. The van der Waals surface area contributed by atoms with Crippen molar-refractivity contribution in [2.45, 2.75) is 23.9 Å². The largest absolute Gasteiger partial charge is 0.465 e. The van der Waals surface area contributed by atoms with Gasteiger partial charge >= 0.3 is 35.8 Å². The van der Waals surface area contributed by atoms with E-state index in [0.717, 1.165) is 36.7 Å². The summed E-state index contributed by atoms with van der Waals surface area (Å²) in [5, 5.41) is 1.07. The molecule has 0 radical (unpaired) electrons. The Hall–Kier alpha value is -2.47. The SMILES string of the molecule is COC(=O)c1ccc(NC(=O)C(F)(F)C(F)(F)C(F)(F)C(F)(F)F)cc1. The molecule has 0 aliphatic heterocycles. The van der Waals surface area contributed by atoms with Gasteiger partial charge in [-0.2, -0.15) is 39.5 Å². The fourth-order valence-corrected chi connectivity index (χ4v) is 1.53. The Kier molecular flexibility index (Phi) is 5.55. The normalized spacial score (nSPS) is 13.3. The topological polar surface area (TPSA) is 55.4 Å². The first-order valence-electron chi connectivity index (χ1n) is 6.29. The third-order valence-electron chi connectivity index (χ3n) is 2.99. The van der Waals surface area contributed by atoms with Gasteiger partial charge in [-0.1, -0.05) is 0 Å². The number of ether oxygens (including phenoxy) is 1. The monoisotopic (exact) mass is 397 g/mol. The minimum atomic E-state index is -7.17. The van der Waals surface area contributed by atoms with Crippen molar-refractivity contribution in [2.24, 2.45) is 0 Å². The van der Waals surface area contributed by atoms with Crippen LogP contribution in [0.15, 0.2) is 24.3 Å². The molecule has 0 aliphatic carbocycles. The summed E-state index contributed by atoms with van der Waals surface area (Å²) in [6.07, 6.45) is -7.03. The lowest BCUT2D eigenvalue weighted by Crippen LogP contribution is -2.64. The van der Waals surface area contributed by atoms with Gasteiger partial charge in [-0.15, -0.1) is 0 Å². The van der Waals surface area contributed by atoms with Crippen LogP contribution in [-0.2, 0) is 9.53 Å². The standard InChI is InChI=1S/C13H8F9NO3/c1-26-8(24)6-2-4-7(5-3-6)23-9(25)10(14,15)11(16,17)12(18,19)13(20,21)22/h2-5H,1H3,(H,23,25). The fourth-order valence-electron chi connectivity index (χ4n) is 1.53. The molecule has 1 amide bonds. The van der Waals surface area contributed by atoms with Gasteiger partial charge in [0.1, 0.15) is 0 Å². The number of carbonyl (C=O) groups is 2. The molecule has 1 aromatic rings. The van der Waals surface area contributed by atoms with Crippen molar-refractivity contribution in [3.05, 3.63) is 29.8 Å². The molecule has 0 unspecified atom stereocenters. The van der Waals surface area contributed by atoms with Crippen LogP contribution in [-0.4, -0.2) is 42.9 Å². The molecule has 1 N–H and O–H groups in total. The van der Waals surface area contributed by atoms with Crippen LogP contribution in [0.3, 0.4) is 0 Å². The summed E-state index contributed by atoms with van der Waals surface area (Å²) in [5.74, 6) is -24.6. The van der Waals surface area contributed by atoms with Gasteiger partial charge < -0.3 is 10.1 Å². The second kappa shape index (κ2) is 6.68. The van der Waals surface area contributed by atoms with Crippen molar-refractivity contribution in [1.29, 1.82) is 0 Å². The highest BCUT2D eigenvalue weighted by molar-refractivity contribution is 5.97. The number of halogens is 9. The van der Waals surface area contributed by atoms with E-state index >= 15 is 0 Å². The molecule has 0 spiro atoms. The highest BCUT2D eigenvalue weighted by Gasteiger charge is 2.83. The number of hydrogen-bond donors (Lipinski definition) is 1. The number of rotatable bonds is 5. The summed E-state index contributed by atoms with van der Waals surface area (Å²) < 4.78 is 118. The third kappa shape index (κ3) is 3.55. The van der Waals surface area contributed by atoms with Gasteiger partial charge in [0.05, 0.1) is 12.7 Å². The van der Waals surface area contributed by atoms with E-state index < -0.39 is 41.5 Å². The molecule has 1 aromatic carbocycles. The number of benzene rings is 1. The Balaban J connectivity index is 3.09. The zero-order valence-electron chi connectivity index (χ0n) is 12.4. The van der Waals surface area contributed by atoms with Gasteiger partial charge in [-0.3, -0.25) is 4.79 Å². The van der Waals surface area contributed by atoms with Gasteiger partial charge in [0.15, 0.2) is 0 Å². The smallest absolute Gasteiger partial charge is 0.460 e. The Labute approximate surface area is 138 Å². The number of methoxy groups -OCH3 is 1. The predicted octanol–water partition coefficient (Wildman–Crippen LogP) is 3.88. The van der Waals surface area contributed by atoms with Crippen LogP contribution in [0.25, 0.3) is 0 Å². The van der Waals surface area contributed by atoms with Crippen LogP contribution in [0.4, 0.5) is 45.2 Å². The zero-order chi connectivity index (χ0) is 20.6. The summed E-state index contributed by atoms with van der Waals surface area (Å²) in [4.78, 5) is 22.3. The van der Waals surface area contributed by atoms with E-state index in [0.29, 0.717) is 0 Å². The van der Waals surface area contributed by atoms with E-state index in [1.54, 1.807) is 0 Å². The minimum Gasteiger partial charge on any atom is -0.465 e. The van der Waals surface area contributed by atoms with E-state index in [2.05, 4.69) is 4.74 Å². The maximum absolute atomic E-state index is 13.4. The van der Waals surface area contributed by atoms with Crippen LogP contribution in [0.2, 0.25) is 0 Å². The molecule has 0 bridgehead atoms. The number of anilines is 1. The summed E-state index contributed by atoms with van der Waals surface area (Å²) in [7, 11) is 1.00. The molecule has 146 valence electrons. The molecule has 0 saturated heterocycles. The van der Waals surface area contributed by atoms with Crippen LogP contribution >= 0.6 is 0 Å². The van der Waals surface area contributed by atoms with E-state index in [4.69, 9.17) is 0 Å². The van der Waals surface area contributed by atoms with Crippen molar-refractivity contribution in [3.8, 4) is 0 Å². The molecule has 1 rings (SSSR count). The van der Waals surface area contributed by atoms with Crippen molar-refractivity contribution < 1.29 is 53.8 Å². The van der Waals surface area contributed by atoms with E-state index in [1.165, 1.54) is 0 Å². The number of carbonyl (C=O) groups excluding carboxylic acids is 2. The van der Waals surface area contributed by atoms with Crippen LogP contribution in [0.5, 0.6) is 0 Å². The van der Waals surface area contributed by atoms with Crippen molar-refractivity contribution in [1.82, 2.24) is 0 Å². The average molecular weight is 397 g/mol. The molecule has 0 fully saturated rings. The van der Waals surface area contributed by atoms with Crippen LogP contribution in [0, 0.1) is 0 Å². The van der Waals surface area contributed by atoms with E-state index in [9.17, 15) is 49.1 Å². The minimum absolute atomic E-state index is 0.147. The zero-order valence-corrected chi connectivity index (χ0v) is 12.4. The Morgan fingerprint density at radius 3 is 1.69 bits per heavy atom. The lowest BCUT2D eigenvalue weighted by Gasteiger charge is -2.32. The number of hydrogen-bond acceptors (Lipinski definition) is 3. The first-order chi connectivity index (χ1) is 11.6. The fraction of sp³-hybridized carbons (Fsp3) is 0.385. The third-order valence-corrected chi connectivity index (χ3v) is 2.99. The first kappa shape index (κ1) is 21.6. The molecule has 0 atom stereocenters. The van der Waals surface area contributed by atoms with Crippen molar-refractivity contribution in [3.63, 3.8) is 0 Å². The van der Waals surface area contributed by atoms with E-state index in [-0.39, 0.29) is 5.56 Å². The Morgan fingerprint density at radius 1 is 0.846 bits per heavy atom. The van der Waals surface area contributed by atoms with Crippen LogP contribution in [0.1, 0.15) is 10.4 Å². The lowest BCUT2D eigenvalue weighted by molar-refractivity contribution is -0.388. The molecule has 13 heteroatoms. The number of nitrogens with one attached hydrogen (secondary N) is 1. The van der Waals surface area contributed by atoms with Crippen molar-refractivity contribution in [2.75, 3.05) is 12.4 Å². The van der Waals surface area contributed by atoms with E-state index in [1.807, 2.05) is 0 Å². The molecular weight excluding hydrogens is 389 g/mol. The molecule has 26 heavy (non-hydrogen) atoms. The van der Waals surface area contributed by atoms with Gasteiger partial charge in [-0.05, 0) is 24.3 Å². The lowest BCUT2D eigenvalue weighted by atomic mass is 10.0. The van der Waals surface area contributed by atoms with Crippen molar-refractivity contribution >= 4 is 17.6 Å². The Bertz CT molecular complexity index is 683. The van der Waals surface area contributed by atoms with Gasteiger partial charge in [-0.25, -0.2) is 4.79 Å². The molecule has 0 saturated carbocycles. The summed E-state index contributed by atoms with van der Waals surface area (Å²) >= 11 is 0. The maximum atomic E-state index is 13.4. The number of alkyl halides is 9. The van der Waals surface area contributed by atoms with Crippen LogP contribution < -0.4 is 5.32 Å². The second-order valence-electron chi connectivity index (χ2n) is 4.74. The molecule has 0 aromatic heterocycles. The van der Waals surface area contributed by atoms with Gasteiger partial charge in [0.25, 0.3) is 0 Å². The quantitative estimate of drug-likeness (QED) is 0.606. The Morgan fingerprint density at radius 2 is 1.31 bits per heavy atom. The average Bonchev–Trinajstić information content (AvgIpc) is 2.53. The number of amides is 1. The molecule has 4 nitrogen and oxygen atoms in total.